The lowest BCUT2D eigenvalue weighted by Gasteiger charge is -2.32. The maximum absolute atomic E-state index is 13.9. The number of aromatic amines is 2. The van der Waals surface area contributed by atoms with Crippen LogP contribution >= 0.6 is 0 Å². The summed E-state index contributed by atoms with van der Waals surface area (Å²) in [4.78, 5) is 45.0. The van der Waals surface area contributed by atoms with Crippen molar-refractivity contribution in [3.05, 3.63) is 65.0 Å². The van der Waals surface area contributed by atoms with Crippen molar-refractivity contribution >= 4 is 12.0 Å². The fourth-order valence-electron chi connectivity index (χ4n) is 8.46. The third kappa shape index (κ3) is 6.08. The predicted molar refractivity (Wildman–Crippen MR) is 192 cm³/mol. The van der Waals surface area contributed by atoms with Gasteiger partial charge in [0, 0.05) is 36.5 Å². The van der Waals surface area contributed by atoms with Crippen LogP contribution in [0, 0.1) is 11.8 Å². The SMILES string of the molecule is COCC1CNC(c2ncc(-c3ccc4c(c3)COc3cc5c(cc3-4)CCc3[nH]c(C4CCC(C)N4C(=O)C(NC(=O)OC)C(C)C)nc3-5)[nH]2)C1. The van der Waals surface area contributed by atoms with Crippen LogP contribution < -0.4 is 15.4 Å². The molecule has 0 bridgehead atoms. The molecule has 5 atom stereocenters. The molecule has 2 aromatic carbocycles. The number of aryl methyl sites for hydroxylation is 2. The molecule has 1 aliphatic carbocycles. The van der Waals surface area contributed by atoms with Crippen LogP contribution in [-0.4, -0.2) is 76.3 Å². The molecule has 5 heterocycles. The van der Waals surface area contributed by atoms with Crippen LogP contribution in [-0.2, 0) is 33.7 Å². The number of nitrogens with one attached hydrogen (secondary N) is 4. The number of ether oxygens (including phenoxy) is 3. The van der Waals surface area contributed by atoms with Gasteiger partial charge in [0.1, 0.15) is 30.0 Å². The largest absolute Gasteiger partial charge is 0.488 e. The molecule has 4 aromatic rings. The smallest absolute Gasteiger partial charge is 0.407 e. The summed E-state index contributed by atoms with van der Waals surface area (Å²) < 4.78 is 16.6. The van der Waals surface area contributed by atoms with Gasteiger partial charge in [-0.1, -0.05) is 26.0 Å². The summed E-state index contributed by atoms with van der Waals surface area (Å²) in [6.45, 7) is 8.10. The summed E-state index contributed by atoms with van der Waals surface area (Å²) in [6, 6.07) is 10.3. The van der Waals surface area contributed by atoms with Gasteiger partial charge in [0.2, 0.25) is 5.91 Å². The maximum Gasteiger partial charge on any atom is 0.407 e. The van der Waals surface area contributed by atoms with E-state index in [9.17, 15) is 9.59 Å². The molecule has 2 aromatic heterocycles. The summed E-state index contributed by atoms with van der Waals surface area (Å²) in [6.07, 6.45) is 5.70. The van der Waals surface area contributed by atoms with Gasteiger partial charge in [0.05, 0.1) is 43.4 Å². The molecule has 12 heteroatoms. The third-order valence-electron chi connectivity index (χ3n) is 11.2. The van der Waals surface area contributed by atoms with Crippen molar-refractivity contribution in [3.63, 3.8) is 0 Å². The highest BCUT2D eigenvalue weighted by Crippen LogP contribution is 2.46. The van der Waals surface area contributed by atoms with Crippen LogP contribution in [0.4, 0.5) is 4.79 Å². The first-order valence-electron chi connectivity index (χ1n) is 18.2. The van der Waals surface area contributed by atoms with Gasteiger partial charge in [-0.25, -0.2) is 14.8 Å². The Morgan fingerprint density at radius 3 is 2.71 bits per heavy atom. The molecule has 4 aliphatic rings. The van der Waals surface area contributed by atoms with E-state index < -0.39 is 12.1 Å². The molecule has 4 N–H and O–H groups in total. The molecule has 2 saturated heterocycles. The molecule has 2 amide bonds. The Morgan fingerprint density at radius 2 is 1.90 bits per heavy atom. The lowest BCUT2D eigenvalue weighted by Crippen LogP contribution is -2.52. The minimum Gasteiger partial charge on any atom is -0.488 e. The lowest BCUT2D eigenvalue weighted by atomic mass is 9.86. The van der Waals surface area contributed by atoms with Gasteiger partial charge >= 0.3 is 6.09 Å². The molecule has 0 radical (unpaired) electrons. The molecule has 268 valence electrons. The van der Waals surface area contributed by atoms with E-state index in [2.05, 4.69) is 57.9 Å². The quantitative estimate of drug-likeness (QED) is 0.180. The Labute approximate surface area is 298 Å². The number of benzene rings is 2. The number of aromatic nitrogens is 4. The summed E-state index contributed by atoms with van der Waals surface area (Å²) in [5, 5.41) is 6.32. The number of amides is 2. The minimum atomic E-state index is -0.686. The molecule has 5 unspecified atom stereocenters. The van der Waals surface area contributed by atoms with Gasteiger partial charge in [-0.05, 0) is 91.3 Å². The average Bonchev–Trinajstić information content (AvgIpc) is 3.95. The number of hydrogen-bond acceptors (Lipinski definition) is 8. The van der Waals surface area contributed by atoms with Crippen molar-refractivity contribution in [2.45, 2.75) is 83.6 Å². The molecular formula is C39H47N7O5. The highest BCUT2D eigenvalue weighted by molar-refractivity contribution is 5.87. The van der Waals surface area contributed by atoms with E-state index in [0.29, 0.717) is 12.5 Å². The first-order chi connectivity index (χ1) is 24.7. The third-order valence-corrected chi connectivity index (χ3v) is 11.2. The van der Waals surface area contributed by atoms with Crippen LogP contribution in [0.3, 0.4) is 0 Å². The fourth-order valence-corrected chi connectivity index (χ4v) is 8.46. The number of methoxy groups -OCH3 is 2. The van der Waals surface area contributed by atoms with Crippen molar-refractivity contribution in [3.8, 4) is 39.4 Å². The zero-order valence-corrected chi connectivity index (χ0v) is 30.0. The van der Waals surface area contributed by atoms with Crippen LogP contribution in [0.25, 0.3) is 33.6 Å². The van der Waals surface area contributed by atoms with Gasteiger partial charge < -0.3 is 39.7 Å². The Balaban J connectivity index is 1.04. The standard InChI is InChI=1S/C39H47N7O5/c1-20(2)34(45-39(48)50-5)38(47)46-21(3)6-11-32(46)37-42-29-10-8-23-14-28-26-9-7-24(13-25(26)19-51-33(28)15-27(23)35(29)44-37)31-17-41-36(43-31)30-12-22(16-40-30)18-49-4/h7,9,13-15,17,20-22,30,32,34,40H,6,8,10-12,16,18-19H2,1-5H3,(H,41,43)(H,42,44)(H,45,48). The molecule has 12 nitrogen and oxygen atoms in total. The van der Waals surface area contributed by atoms with Gasteiger partial charge in [0.25, 0.3) is 0 Å². The van der Waals surface area contributed by atoms with E-state index in [4.69, 9.17) is 24.2 Å². The number of alkyl carbamates (subject to hydrolysis) is 1. The monoisotopic (exact) mass is 693 g/mol. The van der Waals surface area contributed by atoms with Crippen LogP contribution in [0.15, 0.2) is 36.5 Å². The van der Waals surface area contributed by atoms with E-state index in [-0.39, 0.29) is 30.0 Å². The second-order valence-corrected chi connectivity index (χ2v) is 14.9. The fraction of sp³-hybridized carbons (Fsp3) is 0.487. The second kappa shape index (κ2) is 13.5. The topological polar surface area (TPSA) is 146 Å². The first kappa shape index (κ1) is 33.5. The van der Waals surface area contributed by atoms with Gasteiger partial charge in [0.15, 0.2) is 0 Å². The second-order valence-electron chi connectivity index (χ2n) is 14.9. The minimum absolute atomic E-state index is 0.0204. The number of nitrogens with zero attached hydrogens (tertiary/aromatic N) is 3. The molecule has 0 spiro atoms. The number of carbonyl (C=O) groups is 2. The summed E-state index contributed by atoms with van der Waals surface area (Å²) in [5.74, 6) is 2.90. The van der Waals surface area contributed by atoms with E-state index in [1.54, 1.807) is 7.11 Å². The van der Waals surface area contributed by atoms with E-state index in [1.165, 1.54) is 18.2 Å². The van der Waals surface area contributed by atoms with Crippen LogP contribution in [0.1, 0.15) is 80.6 Å². The number of H-pyrrole nitrogens is 2. The number of likely N-dealkylation sites (tertiary alicyclic amines) is 1. The number of fused-ring (bicyclic) bond motifs is 6. The molecule has 51 heavy (non-hydrogen) atoms. The van der Waals surface area contributed by atoms with E-state index in [1.807, 2.05) is 24.9 Å². The van der Waals surface area contributed by atoms with Crippen molar-refractivity contribution < 1.29 is 23.8 Å². The summed E-state index contributed by atoms with van der Waals surface area (Å²) in [5.41, 5.74) is 9.85. The van der Waals surface area contributed by atoms with Crippen molar-refractivity contribution in [1.82, 2.24) is 35.5 Å². The zero-order valence-electron chi connectivity index (χ0n) is 30.0. The van der Waals surface area contributed by atoms with Crippen molar-refractivity contribution in [2.24, 2.45) is 11.8 Å². The number of hydrogen-bond donors (Lipinski definition) is 4. The van der Waals surface area contributed by atoms with Crippen molar-refractivity contribution in [1.29, 1.82) is 0 Å². The van der Waals surface area contributed by atoms with E-state index in [0.717, 1.165) is 102 Å². The van der Waals surface area contributed by atoms with E-state index >= 15 is 0 Å². The number of imidazole rings is 2. The Bertz CT molecular complexity index is 1970. The first-order valence-corrected chi connectivity index (χ1v) is 18.2. The number of carbonyl (C=O) groups excluding carboxylic acids is 2. The molecule has 8 rings (SSSR count). The van der Waals surface area contributed by atoms with Gasteiger partial charge in [-0.3, -0.25) is 4.79 Å². The summed E-state index contributed by atoms with van der Waals surface area (Å²) >= 11 is 0. The molecular weight excluding hydrogens is 646 g/mol. The van der Waals surface area contributed by atoms with Gasteiger partial charge in [-0.2, -0.15) is 0 Å². The van der Waals surface area contributed by atoms with Crippen molar-refractivity contribution in [2.75, 3.05) is 27.4 Å². The number of rotatable bonds is 8. The molecule has 0 saturated carbocycles. The zero-order chi connectivity index (χ0) is 35.4. The highest BCUT2D eigenvalue weighted by atomic mass is 16.5. The molecule has 2 fully saturated rings. The lowest BCUT2D eigenvalue weighted by molar-refractivity contribution is -0.137. The highest BCUT2D eigenvalue weighted by Gasteiger charge is 2.42. The average molecular weight is 694 g/mol. The van der Waals surface area contributed by atoms with Gasteiger partial charge in [-0.15, -0.1) is 0 Å². The molecule has 3 aliphatic heterocycles. The Kier molecular flexibility index (Phi) is 8.83. The predicted octanol–water partition coefficient (Wildman–Crippen LogP) is 5.85. The summed E-state index contributed by atoms with van der Waals surface area (Å²) in [7, 11) is 3.07. The Morgan fingerprint density at radius 1 is 1.04 bits per heavy atom. The van der Waals surface area contributed by atoms with Crippen LogP contribution in [0.5, 0.6) is 5.75 Å². The maximum atomic E-state index is 13.9. The van der Waals surface area contributed by atoms with Crippen LogP contribution in [0.2, 0.25) is 0 Å². The Hall–Kier alpha value is -4.68. The normalized spacial score (nSPS) is 22.5.